The van der Waals surface area contributed by atoms with Gasteiger partial charge >= 0.3 is 0 Å². The Bertz CT molecular complexity index is 1340. The van der Waals surface area contributed by atoms with Gasteiger partial charge in [0.25, 0.3) is 0 Å². The first-order valence-electron chi connectivity index (χ1n) is 14.2. The van der Waals surface area contributed by atoms with Gasteiger partial charge in [-0.2, -0.15) is 0 Å². The molecule has 0 aliphatic carbocycles. The number of hydrogen-bond donors (Lipinski definition) is 1. The van der Waals surface area contributed by atoms with Crippen molar-refractivity contribution >= 4 is 35.0 Å². The fraction of sp³-hybridized carbons (Fsp3) is 0.394. The third-order valence-electron chi connectivity index (χ3n) is 8.56. The molecular formula is C33H37Cl2N3O2. The zero-order chi connectivity index (χ0) is 28.1. The summed E-state index contributed by atoms with van der Waals surface area (Å²) >= 11 is 12.6. The highest BCUT2D eigenvalue weighted by molar-refractivity contribution is 6.42. The predicted octanol–water partition coefficient (Wildman–Crippen LogP) is 6.57. The molecule has 1 fully saturated rings. The lowest BCUT2D eigenvalue weighted by molar-refractivity contribution is -0.132. The number of fused-ring (bicyclic) bond motifs is 1. The zero-order valence-electron chi connectivity index (χ0n) is 23.0. The van der Waals surface area contributed by atoms with E-state index in [1.54, 1.807) is 6.92 Å². The summed E-state index contributed by atoms with van der Waals surface area (Å²) in [7, 11) is 0. The van der Waals surface area contributed by atoms with E-state index >= 15 is 0 Å². The van der Waals surface area contributed by atoms with Crippen LogP contribution in [0.15, 0.2) is 72.8 Å². The molecule has 7 heteroatoms. The molecule has 0 aromatic heterocycles. The van der Waals surface area contributed by atoms with Crippen LogP contribution in [0.1, 0.15) is 60.8 Å². The molecule has 5 rings (SSSR count). The van der Waals surface area contributed by atoms with Gasteiger partial charge in [0.2, 0.25) is 11.8 Å². The predicted molar refractivity (Wildman–Crippen MR) is 162 cm³/mol. The molecule has 0 radical (unpaired) electrons. The smallest absolute Gasteiger partial charge is 0.223 e. The quantitative estimate of drug-likeness (QED) is 0.329. The maximum atomic E-state index is 13.6. The summed E-state index contributed by atoms with van der Waals surface area (Å²) in [5.74, 6) is 0.212. The van der Waals surface area contributed by atoms with Crippen molar-refractivity contribution in [2.75, 3.05) is 26.2 Å². The minimum Gasteiger partial charge on any atom is -0.347 e. The molecule has 1 unspecified atom stereocenters. The second kappa shape index (κ2) is 12.8. The van der Waals surface area contributed by atoms with Crippen LogP contribution in [0.2, 0.25) is 10.0 Å². The molecule has 0 saturated carbocycles. The molecule has 2 aliphatic heterocycles. The van der Waals surface area contributed by atoms with E-state index in [0.29, 0.717) is 23.0 Å². The minimum absolute atomic E-state index is 0.00386. The number of rotatable bonds is 8. The van der Waals surface area contributed by atoms with E-state index in [1.165, 1.54) is 11.1 Å². The summed E-state index contributed by atoms with van der Waals surface area (Å²) in [5, 5.41) is 4.30. The van der Waals surface area contributed by atoms with Crippen LogP contribution in [0.25, 0.3) is 0 Å². The van der Waals surface area contributed by atoms with Crippen molar-refractivity contribution in [1.82, 2.24) is 15.1 Å². The number of likely N-dealkylation sites (tertiary alicyclic amines) is 1. The third-order valence-corrected chi connectivity index (χ3v) is 9.30. The number of piperidine rings is 1. The molecule has 1 N–H and O–H groups in total. The molecule has 3 aromatic carbocycles. The SMILES string of the molecule is CC(=O)NC1(c2ccccc2)CCN(CCC(CC(=O)N2CCc3ccccc3C2)c2ccc(Cl)c(Cl)c2)CC1. The molecule has 0 spiro atoms. The molecule has 210 valence electrons. The van der Waals surface area contributed by atoms with Gasteiger partial charge in [0.15, 0.2) is 0 Å². The summed E-state index contributed by atoms with van der Waals surface area (Å²) < 4.78 is 0. The highest BCUT2D eigenvalue weighted by Gasteiger charge is 2.37. The van der Waals surface area contributed by atoms with Gasteiger partial charge in [0, 0.05) is 39.5 Å². The van der Waals surface area contributed by atoms with Crippen LogP contribution < -0.4 is 5.32 Å². The van der Waals surface area contributed by atoms with Gasteiger partial charge in [-0.05, 0) is 72.5 Å². The number of halogens is 2. The van der Waals surface area contributed by atoms with Crippen molar-refractivity contribution in [2.45, 2.75) is 57.0 Å². The molecule has 40 heavy (non-hydrogen) atoms. The van der Waals surface area contributed by atoms with Crippen LogP contribution >= 0.6 is 23.2 Å². The Labute approximate surface area is 247 Å². The molecule has 2 aliphatic rings. The van der Waals surface area contributed by atoms with Crippen molar-refractivity contribution in [1.29, 1.82) is 0 Å². The average Bonchev–Trinajstić information content (AvgIpc) is 2.97. The van der Waals surface area contributed by atoms with E-state index in [9.17, 15) is 9.59 Å². The number of amides is 2. The Morgan fingerprint density at radius 3 is 2.30 bits per heavy atom. The Morgan fingerprint density at radius 2 is 1.60 bits per heavy atom. The second-order valence-electron chi connectivity index (χ2n) is 11.2. The molecule has 2 amide bonds. The maximum Gasteiger partial charge on any atom is 0.223 e. The largest absolute Gasteiger partial charge is 0.347 e. The normalized spacial score (nSPS) is 17.6. The van der Waals surface area contributed by atoms with Crippen LogP contribution in [0.4, 0.5) is 0 Å². The minimum atomic E-state index is -0.340. The zero-order valence-corrected chi connectivity index (χ0v) is 24.6. The van der Waals surface area contributed by atoms with Gasteiger partial charge in [0.05, 0.1) is 15.6 Å². The van der Waals surface area contributed by atoms with E-state index in [2.05, 4.69) is 40.5 Å². The van der Waals surface area contributed by atoms with Crippen LogP contribution in [0.3, 0.4) is 0 Å². The fourth-order valence-electron chi connectivity index (χ4n) is 6.28. The van der Waals surface area contributed by atoms with Gasteiger partial charge in [-0.15, -0.1) is 0 Å². The lowest BCUT2D eigenvalue weighted by Crippen LogP contribution is -2.52. The Morgan fingerprint density at radius 1 is 0.900 bits per heavy atom. The molecular weight excluding hydrogens is 541 g/mol. The number of carbonyl (C=O) groups is 2. The molecule has 2 heterocycles. The van der Waals surface area contributed by atoms with Gasteiger partial charge in [-0.25, -0.2) is 0 Å². The number of carbonyl (C=O) groups excluding carboxylic acids is 2. The Hall–Kier alpha value is -2.86. The van der Waals surface area contributed by atoms with E-state index in [-0.39, 0.29) is 23.3 Å². The molecule has 3 aromatic rings. The summed E-state index contributed by atoms with van der Waals surface area (Å²) in [4.78, 5) is 30.1. The molecule has 0 bridgehead atoms. The Kier molecular flexibility index (Phi) is 9.14. The number of hydrogen-bond acceptors (Lipinski definition) is 3. The molecule has 5 nitrogen and oxygen atoms in total. The van der Waals surface area contributed by atoms with Crippen LogP contribution in [0.5, 0.6) is 0 Å². The summed E-state index contributed by atoms with van der Waals surface area (Å²) in [6, 6.07) is 24.4. The van der Waals surface area contributed by atoms with Crippen molar-refractivity contribution < 1.29 is 9.59 Å². The summed E-state index contributed by atoms with van der Waals surface area (Å²) in [6.07, 6.45) is 3.87. The number of nitrogens with zero attached hydrogens (tertiary/aromatic N) is 2. The first-order chi connectivity index (χ1) is 19.3. The summed E-state index contributed by atoms with van der Waals surface area (Å²) in [5.41, 5.74) is 4.44. The van der Waals surface area contributed by atoms with Gasteiger partial charge < -0.3 is 15.1 Å². The van der Waals surface area contributed by atoms with E-state index in [1.807, 2.05) is 47.4 Å². The average molecular weight is 579 g/mol. The monoisotopic (exact) mass is 577 g/mol. The fourth-order valence-corrected chi connectivity index (χ4v) is 6.58. The van der Waals surface area contributed by atoms with Gasteiger partial charge in [-0.3, -0.25) is 9.59 Å². The molecule has 1 saturated heterocycles. The lowest BCUT2D eigenvalue weighted by Gasteiger charge is -2.43. The van der Waals surface area contributed by atoms with Crippen LogP contribution in [-0.2, 0) is 28.1 Å². The van der Waals surface area contributed by atoms with Crippen LogP contribution in [0, 0.1) is 0 Å². The Balaban J connectivity index is 1.26. The number of benzene rings is 3. The van der Waals surface area contributed by atoms with Crippen molar-refractivity contribution in [2.24, 2.45) is 0 Å². The number of nitrogens with one attached hydrogen (secondary N) is 1. The molecule has 1 atom stereocenters. The van der Waals surface area contributed by atoms with Crippen molar-refractivity contribution in [3.05, 3.63) is 105 Å². The third kappa shape index (κ3) is 6.71. The van der Waals surface area contributed by atoms with E-state index in [0.717, 1.165) is 63.0 Å². The van der Waals surface area contributed by atoms with Crippen LogP contribution in [-0.4, -0.2) is 47.8 Å². The standard InChI is InChI=1S/C33H37Cl2N3O2/c1-24(39)36-33(29-9-3-2-4-10-29)15-19-37(20-16-33)17-13-27(26-11-12-30(34)31(35)21-26)22-32(40)38-18-14-25-7-5-6-8-28(25)23-38/h2-12,21,27H,13-20,22-23H2,1H3,(H,36,39). The second-order valence-corrected chi connectivity index (χ2v) is 12.0. The van der Waals surface area contributed by atoms with E-state index in [4.69, 9.17) is 23.2 Å². The first kappa shape index (κ1) is 28.7. The van der Waals surface area contributed by atoms with Crippen molar-refractivity contribution in [3.8, 4) is 0 Å². The van der Waals surface area contributed by atoms with E-state index < -0.39 is 0 Å². The van der Waals surface area contributed by atoms with Gasteiger partial charge in [-0.1, -0.05) is 83.9 Å². The van der Waals surface area contributed by atoms with Gasteiger partial charge in [0.1, 0.15) is 0 Å². The highest BCUT2D eigenvalue weighted by atomic mass is 35.5. The lowest BCUT2D eigenvalue weighted by atomic mass is 9.80. The topological polar surface area (TPSA) is 52.7 Å². The maximum absolute atomic E-state index is 13.6. The van der Waals surface area contributed by atoms with Crippen molar-refractivity contribution in [3.63, 3.8) is 0 Å². The first-order valence-corrected chi connectivity index (χ1v) is 14.9. The highest BCUT2D eigenvalue weighted by Crippen LogP contribution is 2.35. The summed E-state index contributed by atoms with van der Waals surface area (Å²) in [6.45, 7) is 5.63.